The van der Waals surface area contributed by atoms with Crippen molar-refractivity contribution in [2.75, 3.05) is 5.43 Å². The van der Waals surface area contributed by atoms with Gasteiger partial charge in [-0.1, -0.05) is 12.8 Å². The van der Waals surface area contributed by atoms with Crippen molar-refractivity contribution in [2.45, 2.75) is 44.6 Å². The summed E-state index contributed by atoms with van der Waals surface area (Å²) in [4.78, 5) is 7.54. The molecule has 2 rings (SSSR count). The van der Waals surface area contributed by atoms with E-state index in [-0.39, 0.29) is 17.9 Å². The average Bonchev–Trinajstić information content (AvgIpc) is 2.60. The van der Waals surface area contributed by atoms with Crippen LogP contribution < -0.4 is 16.0 Å². The third-order valence-corrected chi connectivity index (χ3v) is 2.92. The predicted molar refractivity (Wildman–Crippen MR) is 61.9 cm³/mol. The molecule has 1 aromatic heterocycles. The molecule has 0 atom stereocenters. The smallest absolute Gasteiger partial charge is 0.255 e. The maximum Gasteiger partial charge on any atom is 0.255 e. The number of anilines is 1. The Balaban J connectivity index is 2.05. The maximum absolute atomic E-state index is 13.4. The van der Waals surface area contributed by atoms with Crippen LogP contribution in [0.3, 0.4) is 0 Å². The first-order valence-corrected chi connectivity index (χ1v) is 5.95. The van der Waals surface area contributed by atoms with E-state index in [1.165, 1.54) is 12.8 Å². The molecule has 1 aromatic rings. The highest BCUT2D eigenvalue weighted by atomic mass is 19.1. The second-order valence-corrected chi connectivity index (χ2v) is 4.22. The summed E-state index contributed by atoms with van der Waals surface area (Å²) in [5, 5.41) is 0. The molecule has 5 nitrogen and oxygen atoms in total. The van der Waals surface area contributed by atoms with Gasteiger partial charge in [-0.2, -0.15) is 9.37 Å². The molecule has 1 aliphatic rings. The van der Waals surface area contributed by atoms with E-state index in [0.717, 1.165) is 31.9 Å². The molecule has 3 N–H and O–H groups in total. The molecule has 0 spiro atoms. The van der Waals surface area contributed by atoms with E-state index in [0.29, 0.717) is 0 Å². The fourth-order valence-electron chi connectivity index (χ4n) is 2.02. The first-order chi connectivity index (χ1) is 8.29. The molecule has 0 aromatic carbocycles. The van der Waals surface area contributed by atoms with E-state index in [1.54, 1.807) is 0 Å². The lowest BCUT2D eigenvalue weighted by molar-refractivity contribution is 0.167. The number of nitrogen functional groups attached to an aromatic ring is 1. The largest absolute Gasteiger partial charge is 0.472 e. The van der Waals surface area contributed by atoms with Gasteiger partial charge >= 0.3 is 0 Å². The number of aromatic nitrogens is 2. The van der Waals surface area contributed by atoms with E-state index in [2.05, 4.69) is 15.4 Å². The first kappa shape index (κ1) is 12.0. The zero-order chi connectivity index (χ0) is 12.1. The van der Waals surface area contributed by atoms with Crippen LogP contribution in [0.25, 0.3) is 0 Å². The number of nitrogens with zero attached hydrogens (tertiary/aromatic N) is 2. The molecule has 1 heterocycles. The molecule has 94 valence electrons. The van der Waals surface area contributed by atoms with Crippen molar-refractivity contribution in [1.29, 1.82) is 0 Å². The van der Waals surface area contributed by atoms with Crippen LogP contribution in [0, 0.1) is 5.82 Å². The monoisotopic (exact) mass is 240 g/mol. The van der Waals surface area contributed by atoms with Gasteiger partial charge in [-0.05, 0) is 25.7 Å². The second kappa shape index (κ2) is 5.77. The van der Waals surface area contributed by atoms with Crippen LogP contribution in [0.4, 0.5) is 10.3 Å². The lowest BCUT2D eigenvalue weighted by Crippen LogP contribution is -2.18. The molecule has 0 aliphatic heterocycles. The Kier molecular flexibility index (Phi) is 4.08. The van der Waals surface area contributed by atoms with Crippen molar-refractivity contribution in [1.82, 2.24) is 9.97 Å². The van der Waals surface area contributed by atoms with E-state index in [1.807, 2.05) is 0 Å². The van der Waals surface area contributed by atoms with Crippen LogP contribution in [0.5, 0.6) is 5.88 Å². The van der Waals surface area contributed by atoms with E-state index in [9.17, 15) is 4.39 Å². The summed E-state index contributed by atoms with van der Waals surface area (Å²) in [6.45, 7) is 0. The summed E-state index contributed by atoms with van der Waals surface area (Å²) in [7, 11) is 0. The SMILES string of the molecule is NNc1ncc(F)c(OC2CCCCCC2)n1. The van der Waals surface area contributed by atoms with Crippen molar-refractivity contribution in [3.05, 3.63) is 12.0 Å². The number of hydrogen-bond acceptors (Lipinski definition) is 5. The normalized spacial score (nSPS) is 17.5. The third kappa shape index (κ3) is 3.26. The molecule has 0 radical (unpaired) electrons. The Morgan fingerprint density at radius 1 is 1.29 bits per heavy atom. The highest BCUT2D eigenvalue weighted by molar-refractivity contribution is 5.26. The summed E-state index contributed by atoms with van der Waals surface area (Å²) in [6.07, 6.45) is 7.72. The van der Waals surface area contributed by atoms with Crippen molar-refractivity contribution >= 4 is 5.95 Å². The Labute approximate surface area is 99.6 Å². The van der Waals surface area contributed by atoms with Gasteiger partial charge in [-0.15, -0.1) is 0 Å². The predicted octanol–water partition coefficient (Wildman–Crippen LogP) is 2.00. The maximum atomic E-state index is 13.4. The Morgan fingerprint density at radius 2 is 2.00 bits per heavy atom. The van der Waals surface area contributed by atoms with E-state index < -0.39 is 5.82 Å². The number of rotatable bonds is 3. The highest BCUT2D eigenvalue weighted by Gasteiger charge is 2.17. The third-order valence-electron chi connectivity index (χ3n) is 2.92. The van der Waals surface area contributed by atoms with Crippen LogP contribution in [0.15, 0.2) is 6.20 Å². The molecular formula is C11H17FN4O. The van der Waals surface area contributed by atoms with Gasteiger partial charge in [0.15, 0.2) is 0 Å². The van der Waals surface area contributed by atoms with Gasteiger partial charge in [0.1, 0.15) is 6.10 Å². The molecule has 1 fully saturated rings. The molecule has 0 unspecified atom stereocenters. The average molecular weight is 240 g/mol. The van der Waals surface area contributed by atoms with Gasteiger partial charge < -0.3 is 4.74 Å². The van der Waals surface area contributed by atoms with Crippen molar-refractivity contribution < 1.29 is 9.13 Å². The molecule has 6 heteroatoms. The van der Waals surface area contributed by atoms with Crippen molar-refractivity contribution in [2.24, 2.45) is 5.84 Å². The number of nitrogens with one attached hydrogen (secondary N) is 1. The van der Waals surface area contributed by atoms with Crippen LogP contribution >= 0.6 is 0 Å². The van der Waals surface area contributed by atoms with Gasteiger partial charge in [0.05, 0.1) is 6.20 Å². The summed E-state index contributed by atoms with van der Waals surface area (Å²) in [5.41, 5.74) is 2.28. The van der Waals surface area contributed by atoms with Gasteiger partial charge in [0.2, 0.25) is 11.8 Å². The lowest BCUT2D eigenvalue weighted by atomic mass is 10.1. The van der Waals surface area contributed by atoms with Gasteiger partial charge in [-0.25, -0.2) is 10.8 Å². The number of nitrogens with two attached hydrogens (primary N) is 1. The molecule has 1 saturated carbocycles. The molecule has 0 amide bonds. The Morgan fingerprint density at radius 3 is 2.65 bits per heavy atom. The van der Waals surface area contributed by atoms with Gasteiger partial charge in [0, 0.05) is 0 Å². The molecule has 0 saturated heterocycles. The van der Waals surface area contributed by atoms with Gasteiger partial charge in [0.25, 0.3) is 5.88 Å². The zero-order valence-electron chi connectivity index (χ0n) is 9.66. The fraction of sp³-hybridized carbons (Fsp3) is 0.636. The minimum atomic E-state index is -0.548. The molecule has 17 heavy (non-hydrogen) atoms. The van der Waals surface area contributed by atoms with Crippen molar-refractivity contribution in [3.63, 3.8) is 0 Å². The zero-order valence-corrected chi connectivity index (χ0v) is 9.66. The van der Waals surface area contributed by atoms with Crippen LogP contribution in [-0.2, 0) is 0 Å². The summed E-state index contributed by atoms with van der Waals surface area (Å²) >= 11 is 0. The number of halogens is 1. The highest BCUT2D eigenvalue weighted by Crippen LogP contribution is 2.23. The van der Waals surface area contributed by atoms with E-state index >= 15 is 0 Å². The molecule has 0 bridgehead atoms. The van der Waals surface area contributed by atoms with E-state index in [4.69, 9.17) is 10.6 Å². The molecule has 1 aliphatic carbocycles. The van der Waals surface area contributed by atoms with Crippen LogP contribution in [-0.4, -0.2) is 16.1 Å². The lowest BCUT2D eigenvalue weighted by Gasteiger charge is -2.16. The Bertz CT molecular complexity index is 366. The number of ether oxygens (including phenoxy) is 1. The number of hydrogen-bond donors (Lipinski definition) is 2. The van der Waals surface area contributed by atoms with Crippen molar-refractivity contribution in [3.8, 4) is 5.88 Å². The van der Waals surface area contributed by atoms with Crippen LogP contribution in [0.2, 0.25) is 0 Å². The number of hydrazine groups is 1. The van der Waals surface area contributed by atoms with Crippen LogP contribution in [0.1, 0.15) is 38.5 Å². The fourth-order valence-corrected chi connectivity index (χ4v) is 2.02. The Hall–Kier alpha value is -1.43. The second-order valence-electron chi connectivity index (χ2n) is 4.22. The molecular weight excluding hydrogens is 223 g/mol. The first-order valence-electron chi connectivity index (χ1n) is 5.95. The quantitative estimate of drug-likeness (QED) is 0.480. The minimum absolute atomic E-state index is 0.0140. The summed E-state index contributed by atoms with van der Waals surface area (Å²) in [5.74, 6) is 4.77. The topological polar surface area (TPSA) is 73.1 Å². The summed E-state index contributed by atoms with van der Waals surface area (Å²) < 4.78 is 19.0. The minimum Gasteiger partial charge on any atom is -0.472 e. The summed E-state index contributed by atoms with van der Waals surface area (Å²) in [6, 6.07) is 0. The van der Waals surface area contributed by atoms with Gasteiger partial charge in [-0.3, -0.25) is 5.43 Å². The standard InChI is InChI=1S/C11H17FN4O/c12-9-7-14-11(16-13)15-10(9)17-8-5-3-1-2-4-6-8/h7-8H,1-6,13H2,(H,14,15,16).